The molecule has 12 heteroatoms. The lowest BCUT2D eigenvalue weighted by Gasteiger charge is -2.40. The number of aliphatic hydroxyl groups is 2. The number of piperidine rings is 1. The van der Waals surface area contributed by atoms with E-state index in [1.54, 1.807) is 6.26 Å². The van der Waals surface area contributed by atoms with Crippen molar-refractivity contribution in [2.24, 2.45) is 11.7 Å². The van der Waals surface area contributed by atoms with Crippen molar-refractivity contribution in [2.75, 3.05) is 38.2 Å². The number of amides is 2. The van der Waals surface area contributed by atoms with E-state index in [0.29, 0.717) is 67.9 Å². The summed E-state index contributed by atoms with van der Waals surface area (Å²) < 4.78 is 23.5. The fraction of sp³-hybridized carbons (Fsp3) is 0.568. The van der Waals surface area contributed by atoms with E-state index in [2.05, 4.69) is 22.5 Å². The number of ether oxygens (including phenoxy) is 3. The summed E-state index contributed by atoms with van der Waals surface area (Å²) in [7, 11) is 0. The Morgan fingerprint density at radius 1 is 1.16 bits per heavy atom. The summed E-state index contributed by atoms with van der Waals surface area (Å²) in [5, 5.41) is 28.5. The van der Waals surface area contributed by atoms with Gasteiger partial charge < -0.3 is 50.1 Å². The number of benzene rings is 2. The zero-order chi connectivity index (χ0) is 34.2. The second kappa shape index (κ2) is 13.8. The zero-order valence-electron chi connectivity index (χ0n) is 28.1. The molecule has 4 heterocycles. The molecule has 0 spiro atoms. The van der Waals surface area contributed by atoms with E-state index in [-0.39, 0.29) is 37.2 Å². The topological polar surface area (TPSA) is 169 Å². The molecule has 2 amide bonds. The van der Waals surface area contributed by atoms with Gasteiger partial charge in [0.05, 0.1) is 31.2 Å². The van der Waals surface area contributed by atoms with Crippen molar-refractivity contribution in [3.63, 3.8) is 0 Å². The number of nitrogens with zero attached hydrogens (tertiary/aromatic N) is 1. The van der Waals surface area contributed by atoms with Crippen molar-refractivity contribution in [2.45, 2.75) is 94.3 Å². The molecule has 6 N–H and O–H groups in total. The largest absolute Gasteiger partial charge is 0.488 e. The van der Waals surface area contributed by atoms with Crippen molar-refractivity contribution in [3.8, 4) is 11.5 Å². The second-order valence-corrected chi connectivity index (χ2v) is 14.5. The molecule has 3 aliphatic heterocycles. The van der Waals surface area contributed by atoms with Crippen molar-refractivity contribution in [1.29, 1.82) is 0 Å². The van der Waals surface area contributed by atoms with E-state index in [9.17, 15) is 19.8 Å². The minimum atomic E-state index is -1.66. The van der Waals surface area contributed by atoms with Gasteiger partial charge in [-0.2, -0.15) is 0 Å². The SMILES string of the molecule is C[C@H]1CN(CCC2(O)CCC(NC(=O)C3(C(N)=O)Cc4c(cccc4OCc4coc5cc(O[C@H]6CCOC6)ccc45)N3)CC2)CC[C@@H]1O. The van der Waals surface area contributed by atoms with Gasteiger partial charge in [0.25, 0.3) is 11.8 Å². The molecule has 12 nitrogen and oxygen atoms in total. The van der Waals surface area contributed by atoms with Crippen molar-refractivity contribution < 1.29 is 38.4 Å². The van der Waals surface area contributed by atoms with Gasteiger partial charge in [0.2, 0.25) is 0 Å². The lowest BCUT2D eigenvalue weighted by molar-refractivity contribution is -0.135. The number of furan rings is 1. The number of rotatable bonds is 11. The molecule has 1 saturated carbocycles. The standard InChI is InChI=1S/C37H48N4O8/c1-23-19-41(14-9-31(23)42)15-13-36(45)11-7-25(8-12-36)39-35(44)37(34(38)43)18-29-30(40-37)3-2-4-32(29)47-20-24-21-48-33-17-26(5-6-28(24)33)49-27-10-16-46-22-27/h2-6,17,21,23,25,27,31,40,42,45H,7-16,18-20,22H2,1H3,(H2,38,43)(H,39,44)/t23-,25?,27-,31-,36?,37?/m0/s1. The maximum atomic E-state index is 13.8. The number of nitrogens with one attached hydrogen (secondary N) is 2. The average molecular weight is 677 g/mol. The fourth-order valence-electron chi connectivity index (χ4n) is 7.79. The van der Waals surface area contributed by atoms with Gasteiger partial charge in [-0.05, 0) is 68.7 Å². The van der Waals surface area contributed by atoms with Gasteiger partial charge in [-0.1, -0.05) is 13.0 Å². The van der Waals surface area contributed by atoms with Gasteiger partial charge in [-0.15, -0.1) is 0 Å². The summed E-state index contributed by atoms with van der Waals surface area (Å²) >= 11 is 0. The Morgan fingerprint density at radius 2 is 2.00 bits per heavy atom. The van der Waals surface area contributed by atoms with Crippen LogP contribution >= 0.6 is 0 Å². The van der Waals surface area contributed by atoms with Gasteiger partial charge in [-0.25, -0.2) is 0 Å². The normalized spacial score (nSPS) is 30.1. The molecule has 0 bridgehead atoms. The van der Waals surface area contributed by atoms with Crippen molar-refractivity contribution in [3.05, 3.63) is 53.8 Å². The Balaban J connectivity index is 0.953. The summed E-state index contributed by atoms with van der Waals surface area (Å²) in [5.74, 6) is 0.279. The number of carbonyl (C=O) groups excluding carboxylic acids is 2. The minimum absolute atomic E-state index is 0.0440. The number of nitrogens with two attached hydrogens (primary N) is 1. The first-order valence-electron chi connectivity index (χ1n) is 17.6. The van der Waals surface area contributed by atoms with Crippen LogP contribution in [0, 0.1) is 5.92 Å². The zero-order valence-corrected chi connectivity index (χ0v) is 28.1. The molecule has 1 aliphatic carbocycles. The van der Waals surface area contributed by atoms with Gasteiger partial charge in [0.1, 0.15) is 29.8 Å². The Kier molecular flexibility index (Phi) is 9.49. The number of carbonyl (C=O) groups is 2. The number of hydrogen-bond donors (Lipinski definition) is 5. The molecule has 2 aromatic carbocycles. The second-order valence-electron chi connectivity index (χ2n) is 14.5. The summed E-state index contributed by atoms with van der Waals surface area (Å²) in [5.41, 5.74) is 6.35. The molecule has 1 unspecified atom stereocenters. The molecule has 7 rings (SSSR count). The van der Waals surface area contributed by atoms with Crippen LogP contribution < -0.4 is 25.8 Å². The van der Waals surface area contributed by atoms with Crippen molar-refractivity contribution >= 4 is 28.5 Å². The van der Waals surface area contributed by atoms with Gasteiger partial charge in [0.15, 0.2) is 5.54 Å². The molecule has 4 aliphatic rings. The quantitative estimate of drug-likeness (QED) is 0.190. The molecule has 0 radical (unpaired) electrons. The third-order valence-electron chi connectivity index (χ3n) is 11.0. The highest BCUT2D eigenvalue weighted by Crippen LogP contribution is 2.40. The average Bonchev–Trinajstić information content (AvgIpc) is 3.85. The molecule has 4 atom stereocenters. The molecule has 49 heavy (non-hydrogen) atoms. The van der Waals surface area contributed by atoms with E-state index >= 15 is 0 Å². The molecule has 1 aromatic heterocycles. The third-order valence-corrected chi connectivity index (χ3v) is 11.0. The smallest absolute Gasteiger partial charge is 0.256 e. The van der Waals surface area contributed by atoms with Crippen LogP contribution in [0.5, 0.6) is 11.5 Å². The molecular weight excluding hydrogens is 628 g/mol. The molecule has 3 aromatic rings. The van der Waals surface area contributed by atoms with Crippen LogP contribution in [0.15, 0.2) is 47.1 Å². The molecule has 2 saturated heterocycles. The number of fused-ring (bicyclic) bond motifs is 2. The Bertz CT molecular complexity index is 1660. The molecule has 264 valence electrons. The van der Waals surface area contributed by atoms with E-state index in [1.807, 2.05) is 36.4 Å². The third kappa shape index (κ3) is 7.10. The maximum Gasteiger partial charge on any atom is 0.256 e. The van der Waals surface area contributed by atoms with E-state index in [4.69, 9.17) is 24.4 Å². The highest BCUT2D eigenvalue weighted by Gasteiger charge is 2.51. The van der Waals surface area contributed by atoms with Crippen LogP contribution in [-0.2, 0) is 27.4 Å². The van der Waals surface area contributed by atoms with Gasteiger partial charge >= 0.3 is 0 Å². The number of hydrogen-bond acceptors (Lipinski definition) is 10. The van der Waals surface area contributed by atoms with Crippen LogP contribution in [0.25, 0.3) is 11.0 Å². The first kappa shape index (κ1) is 33.6. The van der Waals surface area contributed by atoms with Crippen LogP contribution in [0.3, 0.4) is 0 Å². The Labute approximate surface area is 286 Å². The highest BCUT2D eigenvalue weighted by molar-refractivity contribution is 6.13. The first-order valence-corrected chi connectivity index (χ1v) is 17.6. The van der Waals surface area contributed by atoms with Crippen LogP contribution in [0.1, 0.15) is 63.0 Å². The summed E-state index contributed by atoms with van der Waals surface area (Å²) in [6.45, 7) is 6.03. The van der Waals surface area contributed by atoms with Crippen LogP contribution in [0.2, 0.25) is 0 Å². The molecular formula is C37H48N4O8. The van der Waals surface area contributed by atoms with Gasteiger partial charge in [-0.3, -0.25) is 9.59 Å². The summed E-state index contributed by atoms with van der Waals surface area (Å²) in [4.78, 5) is 29.1. The molecule has 3 fully saturated rings. The number of primary amides is 1. The number of aliphatic hydroxyl groups excluding tert-OH is 1. The Morgan fingerprint density at radius 3 is 2.76 bits per heavy atom. The number of likely N-dealkylation sites (tertiary alicyclic amines) is 1. The maximum absolute atomic E-state index is 13.8. The van der Waals surface area contributed by atoms with Crippen LogP contribution in [-0.4, -0.2) is 89.2 Å². The van der Waals surface area contributed by atoms with Gasteiger partial charge in [0, 0.05) is 66.8 Å². The van der Waals surface area contributed by atoms with E-state index in [0.717, 1.165) is 49.2 Å². The lowest BCUT2D eigenvalue weighted by Crippen LogP contribution is -2.62. The first-order chi connectivity index (χ1) is 23.6. The minimum Gasteiger partial charge on any atom is -0.488 e. The fourth-order valence-corrected chi connectivity index (χ4v) is 7.79. The van der Waals surface area contributed by atoms with E-state index in [1.165, 1.54) is 0 Å². The summed E-state index contributed by atoms with van der Waals surface area (Å²) in [6.07, 6.45) is 6.12. The number of anilines is 1. The monoisotopic (exact) mass is 676 g/mol. The van der Waals surface area contributed by atoms with E-state index < -0.39 is 23.0 Å². The highest BCUT2D eigenvalue weighted by atomic mass is 16.5. The lowest BCUT2D eigenvalue weighted by atomic mass is 9.79. The Hall–Kier alpha value is -3.84. The predicted octanol–water partition coefficient (Wildman–Crippen LogP) is 3.25. The van der Waals surface area contributed by atoms with Crippen LogP contribution in [0.4, 0.5) is 5.69 Å². The summed E-state index contributed by atoms with van der Waals surface area (Å²) in [6, 6.07) is 11.0. The van der Waals surface area contributed by atoms with Crippen molar-refractivity contribution in [1.82, 2.24) is 10.2 Å². The predicted molar refractivity (Wildman–Crippen MR) is 182 cm³/mol.